The van der Waals surface area contributed by atoms with E-state index in [1.54, 1.807) is 23.3 Å². The SMILES string of the molecule is O=C(O)CC(NC(=O)CCn1ccnc1)c1ccccc1. The average Bonchev–Trinajstić information content (AvgIpc) is 2.98. The zero-order valence-electron chi connectivity index (χ0n) is 11.5. The smallest absolute Gasteiger partial charge is 0.305 e. The van der Waals surface area contributed by atoms with Crippen LogP contribution < -0.4 is 5.32 Å². The molecule has 21 heavy (non-hydrogen) atoms. The number of imidazole rings is 1. The van der Waals surface area contributed by atoms with E-state index in [2.05, 4.69) is 10.3 Å². The van der Waals surface area contributed by atoms with Gasteiger partial charge < -0.3 is 15.0 Å². The van der Waals surface area contributed by atoms with Crippen molar-refractivity contribution in [3.05, 3.63) is 54.6 Å². The summed E-state index contributed by atoms with van der Waals surface area (Å²) in [5.41, 5.74) is 0.788. The Morgan fingerprint density at radius 2 is 2.05 bits per heavy atom. The van der Waals surface area contributed by atoms with Crippen LogP contribution >= 0.6 is 0 Å². The summed E-state index contributed by atoms with van der Waals surface area (Å²) in [6, 6.07) is 8.60. The summed E-state index contributed by atoms with van der Waals surface area (Å²) in [5.74, 6) is -1.13. The molecule has 1 amide bonds. The van der Waals surface area contributed by atoms with Gasteiger partial charge >= 0.3 is 5.97 Å². The Morgan fingerprint density at radius 1 is 1.29 bits per heavy atom. The Hall–Kier alpha value is -2.63. The number of benzene rings is 1. The summed E-state index contributed by atoms with van der Waals surface area (Å²) in [5, 5.41) is 11.7. The van der Waals surface area contributed by atoms with Gasteiger partial charge in [0.1, 0.15) is 0 Å². The first-order valence-electron chi connectivity index (χ1n) is 6.67. The predicted molar refractivity (Wildman–Crippen MR) is 76.4 cm³/mol. The van der Waals surface area contributed by atoms with Crippen LogP contribution in [0.15, 0.2) is 49.1 Å². The van der Waals surface area contributed by atoms with Crippen LogP contribution in [0.5, 0.6) is 0 Å². The summed E-state index contributed by atoms with van der Waals surface area (Å²) >= 11 is 0. The van der Waals surface area contributed by atoms with E-state index in [4.69, 9.17) is 5.11 Å². The number of carbonyl (C=O) groups excluding carboxylic acids is 1. The molecule has 2 rings (SSSR count). The largest absolute Gasteiger partial charge is 0.481 e. The average molecular weight is 287 g/mol. The lowest BCUT2D eigenvalue weighted by atomic mass is 10.0. The number of aromatic nitrogens is 2. The second kappa shape index (κ2) is 7.23. The quantitative estimate of drug-likeness (QED) is 0.810. The number of amides is 1. The first kappa shape index (κ1) is 14.8. The number of carbonyl (C=O) groups is 2. The highest BCUT2D eigenvalue weighted by Gasteiger charge is 2.17. The van der Waals surface area contributed by atoms with Gasteiger partial charge in [-0.25, -0.2) is 4.98 Å². The number of carboxylic acid groups (broad SMARTS) is 1. The predicted octanol–water partition coefficient (Wildman–Crippen LogP) is 1.61. The first-order chi connectivity index (χ1) is 10.1. The van der Waals surface area contributed by atoms with Gasteiger partial charge in [-0.1, -0.05) is 30.3 Å². The van der Waals surface area contributed by atoms with Crippen LogP contribution in [0.25, 0.3) is 0 Å². The van der Waals surface area contributed by atoms with Crippen molar-refractivity contribution in [1.82, 2.24) is 14.9 Å². The second-order valence-electron chi connectivity index (χ2n) is 4.68. The van der Waals surface area contributed by atoms with Gasteiger partial charge in [-0.15, -0.1) is 0 Å². The van der Waals surface area contributed by atoms with Gasteiger partial charge in [-0.2, -0.15) is 0 Å². The third-order valence-electron chi connectivity index (χ3n) is 3.07. The molecule has 0 aliphatic heterocycles. The molecule has 0 saturated heterocycles. The fraction of sp³-hybridized carbons (Fsp3) is 0.267. The number of rotatable bonds is 7. The maximum absolute atomic E-state index is 12.0. The summed E-state index contributed by atoms with van der Waals surface area (Å²) in [6.45, 7) is 0.514. The van der Waals surface area contributed by atoms with Crippen molar-refractivity contribution in [2.24, 2.45) is 0 Å². The number of carboxylic acids is 1. The molecule has 1 unspecified atom stereocenters. The van der Waals surface area contributed by atoms with Gasteiger partial charge in [-0.3, -0.25) is 9.59 Å². The third-order valence-corrected chi connectivity index (χ3v) is 3.07. The normalized spacial score (nSPS) is 11.8. The Morgan fingerprint density at radius 3 is 2.67 bits per heavy atom. The highest BCUT2D eigenvalue weighted by atomic mass is 16.4. The lowest BCUT2D eigenvalue weighted by Crippen LogP contribution is -2.30. The molecule has 0 bridgehead atoms. The summed E-state index contributed by atoms with van der Waals surface area (Å²) in [4.78, 5) is 26.8. The molecule has 2 N–H and O–H groups in total. The van der Waals surface area contributed by atoms with Crippen LogP contribution in [-0.2, 0) is 16.1 Å². The number of hydrogen-bond donors (Lipinski definition) is 2. The summed E-state index contributed by atoms with van der Waals surface area (Å²) in [6.07, 6.45) is 5.20. The molecule has 1 atom stereocenters. The molecule has 0 saturated carbocycles. The molecule has 1 heterocycles. The highest BCUT2D eigenvalue weighted by Crippen LogP contribution is 2.16. The molecule has 6 heteroatoms. The zero-order valence-corrected chi connectivity index (χ0v) is 11.5. The second-order valence-corrected chi connectivity index (χ2v) is 4.68. The van der Waals surface area contributed by atoms with Gasteiger partial charge in [0, 0.05) is 25.4 Å². The fourth-order valence-corrected chi connectivity index (χ4v) is 2.03. The molecule has 1 aromatic carbocycles. The van der Waals surface area contributed by atoms with Crippen molar-refractivity contribution in [3.63, 3.8) is 0 Å². The molecule has 1 aromatic heterocycles. The van der Waals surface area contributed by atoms with Crippen molar-refractivity contribution < 1.29 is 14.7 Å². The lowest BCUT2D eigenvalue weighted by molar-refractivity contribution is -0.137. The Balaban J connectivity index is 1.94. The van der Waals surface area contributed by atoms with Gasteiger partial charge in [0.25, 0.3) is 0 Å². The van der Waals surface area contributed by atoms with Crippen LogP contribution in [0, 0.1) is 0 Å². The van der Waals surface area contributed by atoms with Gasteiger partial charge in [0.05, 0.1) is 18.8 Å². The van der Waals surface area contributed by atoms with Crippen LogP contribution in [0.4, 0.5) is 0 Å². The molecular weight excluding hydrogens is 270 g/mol. The van der Waals surface area contributed by atoms with Crippen molar-refractivity contribution >= 4 is 11.9 Å². The van der Waals surface area contributed by atoms with Crippen molar-refractivity contribution in [1.29, 1.82) is 0 Å². The highest BCUT2D eigenvalue weighted by molar-refractivity contribution is 5.77. The minimum atomic E-state index is -0.946. The molecule has 0 spiro atoms. The van der Waals surface area contributed by atoms with Crippen molar-refractivity contribution in [2.75, 3.05) is 0 Å². The Kier molecular flexibility index (Phi) is 5.09. The summed E-state index contributed by atoms with van der Waals surface area (Å²) in [7, 11) is 0. The number of nitrogens with zero attached hydrogens (tertiary/aromatic N) is 2. The molecule has 0 aliphatic carbocycles. The molecule has 6 nitrogen and oxygen atoms in total. The van der Waals surface area contributed by atoms with Gasteiger partial charge in [0.15, 0.2) is 0 Å². The molecule has 0 fully saturated rings. The van der Waals surface area contributed by atoms with Crippen molar-refractivity contribution in [2.45, 2.75) is 25.4 Å². The van der Waals surface area contributed by atoms with Crippen LogP contribution in [0.3, 0.4) is 0 Å². The molecule has 2 aromatic rings. The van der Waals surface area contributed by atoms with Crippen molar-refractivity contribution in [3.8, 4) is 0 Å². The number of aliphatic carboxylic acids is 1. The van der Waals surface area contributed by atoms with Crippen LogP contribution in [0.1, 0.15) is 24.4 Å². The molecule has 0 radical (unpaired) electrons. The maximum atomic E-state index is 12.0. The third kappa shape index (κ3) is 4.76. The Labute approximate surface area is 122 Å². The van der Waals surface area contributed by atoms with Crippen LogP contribution in [0.2, 0.25) is 0 Å². The van der Waals surface area contributed by atoms with E-state index < -0.39 is 12.0 Å². The van der Waals surface area contributed by atoms with Gasteiger partial charge in [0.2, 0.25) is 5.91 Å². The Bertz CT molecular complexity index is 581. The topological polar surface area (TPSA) is 84.2 Å². The molecule has 110 valence electrons. The van der Waals surface area contributed by atoms with E-state index in [9.17, 15) is 9.59 Å². The molecular formula is C15H17N3O3. The molecule has 0 aliphatic rings. The first-order valence-corrected chi connectivity index (χ1v) is 6.67. The van der Waals surface area contributed by atoms with E-state index in [1.807, 2.05) is 30.3 Å². The number of hydrogen-bond acceptors (Lipinski definition) is 3. The monoisotopic (exact) mass is 287 g/mol. The van der Waals surface area contributed by atoms with E-state index in [1.165, 1.54) is 0 Å². The fourth-order valence-electron chi connectivity index (χ4n) is 2.03. The number of aryl methyl sites for hydroxylation is 1. The summed E-state index contributed by atoms with van der Waals surface area (Å²) < 4.78 is 1.80. The lowest BCUT2D eigenvalue weighted by Gasteiger charge is -2.17. The maximum Gasteiger partial charge on any atom is 0.305 e. The van der Waals surface area contributed by atoms with E-state index in [0.717, 1.165) is 5.56 Å². The van der Waals surface area contributed by atoms with E-state index in [0.29, 0.717) is 6.54 Å². The van der Waals surface area contributed by atoms with Crippen LogP contribution in [-0.4, -0.2) is 26.5 Å². The minimum absolute atomic E-state index is 0.138. The number of nitrogens with one attached hydrogen (secondary N) is 1. The minimum Gasteiger partial charge on any atom is -0.481 e. The van der Waals surface area contributed by atoms with E-state index in [-0.39, 0.29) is 18.7 Å². The standard InChI is InChI=1S/C15H17N3O3/c19-14(6-8-18-9-7-16-11-18)17-13(10-15(20)21)12-4-2-1-3-5-12/h1-5,7,9,11,13H,6,8,10H2,(H,17,19)(H,20,21). The zero-order chi connectivity index (χ0) is 15.1. The van der Waals surface area contributed by atoms with Gasteiger partial charge in [-0.05, 0) is 5.56 Å². The van der Waals surface area contributed by atoms with E-state index >= 15 is 0 Å².